The van der Waals surface area contributed by atoms with Gasteiger partial charge in [0.25, 0.3) is 5.91 Å². The van der Waals surface area contributed by atoms with Crippen molar-refractivity contribution in [1.29, 1.82) is 0 Å². The van der Waals surface area contributed by atoms with Crippen molar-refractivity contribution >= 4 is 12.1 Å². The van der Waals surface area contributed by atoms with E-state index >= 15 is 0 Å². The minimum absolute atomic E-state index is 0.0218. The van der Waals surface area contributed by atoms with Gasteiger partial charge in [-0.25, -0.2) is 0 Å². The third-order valence-electron chi connectivity index (χ3n) is 7.91. The van der Waals surface area contributed by atoms with E-state index in [1.807, 2.05) is 55.5 Å². The molecule has 3 heterocycles. The molecule has 1 unspecified atom stereocenters. The number of likely N-dealkylation sites (tertiary alicyclic amines) is 1. The number of terminal acetylenes is 1. The van der Waals surface area contributed by atoms with E-state index in [1.165, 1.54) is 11.1 Å². The largest absolute Gasteiger partial charge is 0.497 e. The lowest BCUT2D eigenvalue weighted by molar-refractivity contribution is -0.133. The van der Waals surface area contributed by atoms with Crippen molar-refractivity contribution in [2.24, 2.45) is 10.9 Å². The first-order valence-electron chi connectivity index (χ1n) is 14.3. The Morgan fingerprint density at radius 1 is 1.30 bits per heavy atom. The smallest absolute Gasteiger partial charge is 0.253 e. The van der Waals surface area contributed by atoms with Crippen LogP contribution < -0.4 is 0 Å². The summed E-state index contributed by atoms with van der Waals surface area (Å²) in [5, 5.41) is 0. The molecule has 1 atom stereocenters. The number of amides is 1. The summed E-state index contributed by atoms with van der Waals surface area (Å²) < 4.78 is 18.1. The average molecular weight is 543 g/mol. The van der Waals surface area contributed by atoms with E-state index in [2.05, 4.69) is 30.0 Å². The number of carbonyl (C=O) groups is 1. The standard InChI is InChI=1S/C34H42N2O4/c1-6-7-11-30-26(4)40-34(23-29(30)13-12-27-10-8-9-20-35-24-27)18-21-36(22-19-34)33(37)28-14-16-31(38-5)32(17-15-28)39-25(2)3/h1,7-8,10-11,14-15,17,20,24-25,29H,9,12-13,16,18-19,21-23H2,2-5H3/b11-7-. The second-order valence-electron chi connectivity index (χ2n) is 11.1. The molecule has 1 spiro atoms. The molecule has 1 fully saturated rings. The molecule has 40 heavy (non-hydrogen) atoms. The van der Waals surface area contributed by atoms with Crippen molar-refractivity contribution in [2.45, 2.75) is 77.4 Å². The van der Waals surface area contributed by atoms with E-state index in [0.29, 0.717) is 36.8 Å². The summed E-state index contributed by atoms with van der Waals surface area (Å²) in [5.74, 6) is 5.34. The number of nitrogens with zero attached hydrogens (tertiary/aromatic N) is 2. The molecule has 4 rings (SSSR count). The van der Waals surface area contributed by atoms with Gasteiger partial charge < -0.3 is 19.1 Å². The van der Waals surface area contributed by atoms with Crippen LogP contribution in [0.3, 0.4) is 0 Å². The lowest BCUT2D eigenvalue weighted by Gasteiger charge is -2.47. The molecule has 0 saturated carbocycles. The lowest BCUT2D eigenvalue weighted by Crippen LogP contribution is -2.50. The van der Waals surface area contributed by atoms with Crippen LogP contribution in [0.5, 0.6) is 0 Å². The first kappa shape index (κ1) is 29.3. The molecule has 1 saturated heterocycles. The van der Waals surface area contributed by atoms with Crippen LogP contribution in [0, 0.1) is 18.3 Å². The number of hydrogen-bond donors (Lipinski definition) is 0. The molecule has 0 aromatic rings. The number of rotatable bonds is 8. The van der Waals surface area contributed by atoms with Gasteiger partial charge in [0.2, 0.25) is 0 Å². The maximum absolute atomic E-state index is 13.5. The SMILES string of the molecule is C#C/C=C\C1=C(C)OC2(CCN(C(=O)C3=CCC(OC)=C(OC(C)C)C=C3)CC2)CC1CCC1=CN=CCC=C1. The topological polar surface area (TPSA) is 60.4 Å². The van der Waals surface area contributed by atoms with Crippen LogP contribution in [-0.2, 0) is 19.0 Å². The Hall–Kier alpha value is -3.72. The Labute approximate surface area is 239 Å². The first-order valence-corrected chi connectivity index (χ1v) is 14.3. The molecular formula is C34H42N2O4. The molecule has 0 aromatic carbocycles. The molecule has 1 aliphatic carbocycles. The fourth-order valence-electron chi connectivity index (χ4n) is 5.88. The van der Waals surface area contributed by atoms with Crippen molar-refractivity contribution in [3.05, 3.63) is 82.7 Å². The monoisotopic (exact) mass is 542 g/mol. The highest BCUT2D eigenvalue weighted by Crippen LogP contribution is 2.44. The van der Waals surface area contributed by atoms with Crippen molar-refractivity contribution in [1.82, 2.24) is 4.90 Å². The Balaban J connectivity index is 1.43. The Bertz CT molecular complexity index is 1240. The maximum Gasteiger partial charge on any atom is 0.253 e. The zero-order chi connectivity index (χ0) is 28.5. The summed E-state index contributed by atoms with van der Waals surface area (Å²) in [7, 11) is 1.64. The third kappa shape index (κ3) is 7.27. The minimum Gasteiger partial charge on any atom is -0.497 e. The molecule has 0 aromatic heterocycles. The predicted octanol–water partition coefficient (Wildman–Crippen LogP) is 6.71. The lowest BCUT2D eigenvalue weighted by atomic mass is 9.75. The molecule has 3 aliphatic heterocycles. The summed E-state index contributed by atoms with van der Waals surface area (Å²) in [6, 6.07) is 0. The highest BCUT2D eigenvalue weighted by Gasteiger charge is 2.43. The van der Waals surface area contributed by atoms with Crippen molar-refractivity contribution < 1.29 is 19.0 Å². The van der Waals surface area contributed by atoms with Crippen LogP contribution in [0.2, 0.25) is 0 Å². The molecule has 4 aliphatic rings. The van der Waals surface area contributed by atoms with Crippen LogP contribution in [0.15, 0.2) is 87.7 Å². The van der Waals surface area contributed by atoms with Crippen molar-refractivity contribution in [3.63, 3.8) is 0 Å². The zero-order valence-corrected chi connectivity index (χ0v) is 24.3. The van der Waals surface area contributed by atoms with Gasteiger partial charge in [-0.2, -0.15) is 0 Å². The van der Waals surface area contributed by atoms with E-state index in [-0.39, 0.29) is 17.6 Å². The van der Waals surface area contributed by atoms with Crippen LogP contribution in [-0.4, -0.2) is 48.9 Å². The third-order valence-corrected chi connectivity index (χ3v) is 7.91. The molecule has 0 bridgehead atoms. The minimum atomic E-state index is -0.276. The Morgan fingerprint density at radius 2 is 2.10 bits per heavy atom. The van der Waals surface area contributed by atoms with E-state index in [1.54, 1.807) is 13.2 Å². The van der Waals surface area contributed by atoms with Gasteiger partial charge in [-0.1, -0.05) is 24.1 Å². The molecular weight excluding hydrogens is 500 g/mol. The number of methoxy groups -OCH3 is 1. The number of piperidine rings is 1. The fourth-order valence-corrected chi connectivity index (χ4v) is 5.88. The normalized spacial score (nSPS) is 22.6. The number of allylic oxidation sites excluding steroid dienone is 9. The number of carbonyl (C=O) groups excluding carboxylic acids is 1. The van der Waals surface area contributed by atoms with Crippen molar-refractivity contribution in [3.8, 4) is 12.3 Å². The first-order chi connectivity index (χ1) is 19.3. The molecule has 6 nitrogen and oxygen atoms in total. The molecule has 212 valence electrons. The summed E-state index contributed by atoms with van der Waals surface area (Å²) in [6.07, 6.45) is 29.1. The van der Waals surface area contributed by atoms with Gasteiger partial charge in [0.15, 0.2) is 5.76 Å². The van der Waals surface area contributed by atoms with Gasteiger partial charge in [0.05, 0.1) is 19.0 Å². The van der Waals surface area contributed by atoms with Crippen LogP contribution in [0.4, 0.5) is 0 Å². The summed E-state index contributed by atoms with van der Waals surface area (Å²) in [4.78, 5) is 19.8. The van der Waals surface area contributed by atoms with E-state index in [0.717, 1.165) is 50.0 Å². The number of hydrogen-bond acceptors (Lipinski definition) is 5. The molecule has 1 amide bonds. The number of aliphatic imine (C=N–C) groups is 1. The van der Waals surface area contributed by atoms with Crippen LogP contribution in [0.25, 0.3) is 0 Å². The quantitative estimate of drug-likeness (QED) is 0.320. The van der Waals surface area contributed by atoms with Gasteiger partial charge in [-0.05, 0) is 81.4 Å². The second kappa shape index (κ2) is 13.6. The molecule has 0 radical (unpaired) electrons. The zero-order valence-electron chi connectivity index (χ0n) is 24.3. The maximum atomic E-state index is 13.5. The van der Waals surface area contributed by atoms with Crippen molar-refractivity contribution in [2.75, 3.05) is 20.2 Å². The summed E-state index contributed by atoms with van der Waals surface area (Å²) >= 11 is 0. The van der Waals surface area contributed by atoms with Gasteiger partial charge in [-0.3, -0.25) is 9.79 Å². The van der Waals surface area contributed by atoms with E-state index in [4.69, 9.17) is 20.6 Å². The van der Waals surface area contributed by atoms with E-state index in [9.17, 15) is 4.79 Å². The summed E-state index contributed by atoms with van der Waals surface area (Å²) in [5.41, 5.74) is 2.81. The van der Waals surface area contributed by atoms with Gasteiger partial charge >= 0.3 is 0 Å². The Morgan fingerprint density at radius 3 is 2.83 bits per heavy atom. The van der Waals surface area contributed by atoms with Gasteiger partial charge in [0, 0.05) is 56.8 Å². The number of ether oxygens (including phenoxy) is 3. The highest BCUT2D eigenvalue weighted by molar-refractivity contribution is 5.96. The highest BCUT2D eigenvalue weighted by atomic mass is 16.5. The van der Waals surface area contributed by atoms with Gasteiger partial charge in [0.1, 0.15) is 11.4 Å². The van der Waals surface area contributed by atoms with Crippen LogP contribution in [0.1, 0.15) is 65.7 Å². The second-order valence-corrected chi connectivity index (χ2v) is 11.1. The van der Waals surface area contributed by atoms with Crippen LogP contribution >= 0.6 is 0 Å². The predicted molar refractivity (Wildman–Crippen MR) is 160 cm³/mol. The average Bonchev–Trinajstić information content (AvgIpc) is 3.32. The molecule has 0 N–H and O–H groups in total. The molecule has 6 heteroatoms. The van der Waals surface area contributed by atoms with E-state index < -0.39 is 0 Å². The Kier molecular flexibility index (Phi) is 9.93. The van der Waals surface area contributed by atoms with Gasteiger partial charge in [-0.15, -0.1) is 6.42 Å². The summed E-state index contributed by atoms with van der Waals surface area (Å²) in [6.45, 7) is 7.32. The fraction of sp³-hybridized carbons (Fsp3) is 0.471.